The molecular formula is C10H13N3O. The van der Waals surface area contributed by atoms with Crippen molar-refractivity contribution in [1.29, 1.82) is 0 Å². The first-order valence-corrected chi connectivity index (χ1v) is 4.85. The summed E-state index contributed by atoms with van der Waals surface area (Å²) >= 11 is 0. The highest BCUT2D eigenvalue weighted by molar-refractivity contribution is 5.73. The molecule has 0 fully saturated rings. The highest BCUT2D eigenvalue weighted by Gasteiger charge is 2.02. The van der Waals surface area contributed by atoms with Crippen molar-refractivity contribution in [2.45, 2.75) is 19.8 Å². The Morgan fingerprint density at radius 3 is 3.07 bits per heavy atom. The first kappa shape index (κ1) is 8.99. The molecule has 1 heterocycles. The fraction of sp³-hybridized carbons (Fsp3) is 0.400. The van der Waals surface area contributed by atoms with Crippen LogP contribution in [0, 0.1) is 0 Å². The van der Waals surface area contributed by atoms with Crippen LogP contribution in [-0.4, -0.2) is 21.8 Å². The third-order valence-electron chi connectivity index (χ3n) is 2.03. The normalized spacial score (nSPS) is 10.6. The second-order valence-corrected chi connectivity index (χ2v) is 3.14. The molecule has 0 atom stereocenters. The molecule has 4 heteroatoms. The van der Waals surface area contributed by atoms with Crippen molar-refractivity contribution in [2.75, 3.05) is 6.61 Å². The van der Waals surface area contributed by atoms with E-state index >= 15 is 0 Å². The van der Waals surface area contributed by atoms with Crippen LogP contribution >= 0.6 is 0 Å². The van der Waals surface area contributed by atoms with Crippen molar-refractivity contribution in [3.63, 3.8) is 0 Å². The largest absolute Gasteiger partial charge is 0.395 e. The number of aromatic nitrogens is 3. The van der Waals surface area contributed by atoms with Crippen LogP contribution in [0.5, 0.6) is 0 Å². The van der Waals surface area contributed by atoms with E-state index in [2.05, 4.69) is 17.2 Å². The lowest BCUT2D eigenvalue weighted by molar-refractivity contribution is 0.0853. The van der Waals surface area contributed by atoms with Gasteiger partial charge in [-0.1, -0.05) is 30.3 Å². The summed E-state index contributed by atoms with van der Waals surface area (Å²) in [5, 5.41) is 7.90. The molecule has 0 aliphatic rings. The summed E-state index contributed by atoms with van der Waals surface area (Å²) in [6.07, 6.45) is 2.15. The van der Waals surface area contributed by atoms with E-state index in [9.17, 15) is 0 Å². The summed E-state index contributed by atoms with van der Waals surface area (Å²) in [4.78, 5) is 6.93. The van der Waals surface area contributed by atoms with Crippen molar-refractivity contribution >= 4 is 11.0 Å². The lowest BCUT2D eigenvalue weighted by atomic mass is 10.3. The monoisotopic (exact) mass is 191 g/mol. The van der Waals surface area contributed by atoms with E-state index in [1.54, 1.807) is 0 Å². The van der Waals surface area contributed by atoms with Crippen LogP contribution in [0.25, 0.3) is 11.0 Å². The van der Waals surface area contributed by atoms with Gasteiger partial charge in [-0.05, 0) is 23.8 Å². The smallest absolute Gasteiger partial charge is 0.130 e. The van der Waals surface area contributed by atoms with Crippen LogP contribution in [0.1, 0.15) is 19.8 Å². The Labute approximate surface area is 82.4 Å². The van der Waals surface area contributed by atoms with Gasteiger partial charge >= 0.3 is 0 Å². The van der Waals surface area contributed by atoms with Crippen molar-refractivity contribution in [3.8, 4) is 0 Å². The van der Waals surface area contributed by atoms with Crippen molar-refractivity contribution < 1.29 is 4.84 Å². The minimum Gasteiger partial charge on any atom is -0.395 e. The quantitative estimate of drug-likeness (QED) is 0.690. The SMILES string of the molecule is CCCCOn1nnc2ccccc21. The Morgan fingerprint density at radius 1 is 1.36 bits per heavy atom. The minimum atomic E-state index is 0.684. The molecule has 1 aromatic heterocycles. The topological polar surface area (TPSA) is 39.9 Å². The molecule has 0 saturated carbocycles. The van der Waals surface area contributed by atoms with E-state index in [1.165, 1.54) is 4.85 Å². The van der Waals surface area contributed by atoms with Gasteiger partial charge in [0, 0.05) is 0 Å². The second-order valence-electron chi connectivity index (χ2n) is 3.14. The maximum Gasteiger partial charge on any atom is 0.130 e. The molecule has 0 saturated heterocycles. The van der Waals surface area contributed by atoms with Gasteiger partial charge in [-0.3, -0.25) is 0 Å². The Morgan fingerprint density at radius 2 is 2.21 bits per heavy atom. The minimum absolute atomic E-state index is 0.684. The molecular weight excluding hydrogens is 178 g/mol. The molecule has 0 aliphatic carbocycles. The lowest BCUT2D eigenvalue weighted by Gasteiger charge is -2.03. The first-order chi connectivity index (χ1) is 6.92. The number of benzene rings is 1. The fourth-order valence-corrected chi connectivity index (χ4v) is 1.24. The van der Waals surface area contributed by atoms with Crippen LogP contribution in [0.3, 0.4) is 0 Å². The summed E-state index contributed by atoms with van der Waals surface area (Å²) in [6, 6.07) is 7.75. The maximum atomic E-state index is 5.44. The second kappa shape index (κ2) is 4.09. The van der Waals surface area contributed by atoms with Crippen LogP contribution in [0.15, 0.2) is 24.3 Å². The molecule has 14 heavy (non-hydrogen) atoms. The molecule has 1 aromatic carbocycles. The van der Waals surface area contributed by atoms with E-state index in [1.807, 2.05) is 24.3 Å². The first-order valence-electron chi connectivity index (χ1n) is 4.85. The summed E-state index contributed by atoms with van der Waals surface area (Å²) in [7, 11) is 0. The Hall–Kier alpha value is -1.58. The van der Waals surface area contributed by atoms with Gasteiger partial charge in [-0.15, -0.1) is 5.10 Å². The predicted octanol–water partition coefficient (Wildman–Crippen LogP) is 1.66. The van der Waals surface area contributed by atoms with Gasteiger partial charge in [0.15, 0.2) is 0 Å². The van der Waals surface area contributed by atoms with Crippen molar-refractivity contribution in [2.24, 2.45) is 0 Å². The molecule has 0 spiro atoms. The summed E-state index contributed by atoms with van der Waals surface area (Å²) in [6.45, 7) is 2.81. The molecule has 4 nitrogen and oxygen atoms in total. The molecule has 0 aliphatic heterocycles. The third kappa shape index (κ3) is 1.69. The number of unbranched alkanes of at least 4 members (excludes halogenated alkanes) is 1. The summed E-state index contributed by atoms with van der Waals surface area (Å²) in [5.74, 6) is 0. The maximum absolute atomic E-state index is 5.44. The van der Waals surface area contributed by atoms with Gasteiger partial charge in [0.1, 0.15) is 17.6 Å². The zero-order valence-electron chi connectivity index (χ0n) is 8.18. The number of para-hydroxylation sites is 1. The van der Waals surface area contributed by atoms with Gasteiger partial charge in [-0.25, -0.2) is 0 Å². The van der Waals surface area contributed by atoms with Crippen LogP contribution in [-0.2, 0) is 0 Å². The van der Waals surface area contributed by atoms with E-state index in [0.717, 1.165) is 23.9 Å². The number of fused-ring (bicyclic) bond motifs is 1. The number of hydrogen-bond acceptors (Lipinski definition) is 3. The van der Waals surface area contributed by atoms with Gasteiger partial charge in [0.05, 0.1) is 0 Å². The average molecular weight is 191 g/mol. The number of rotatable bonds is 4. The van der Waals surface area contributed by atoms with E-state index < -0.39 is 0 Å². The molecule has 0 bridgehead atoms. The van der Waals surface area contributed by atoms with Gasteiger partial charge < -0.3 is 4.84 Å². The predicted molar refractivity (Wildman–Crippen MR) is 53.9 cm³/mol. The number of hydrogen-bond donors (Lipinski definition) is 0. The standard InChI is InChI=1S/C10H13N3O/c1-2-3-8-14-13-10-7-5-4-6-9(10)11-12-13/h4-7H,2-3,8H2,1H3. The van der Waals surface area contributed by atoms with Crippen molar-refractivity contribution in [1.82, 2.24) is 15.2 Å². The van der Waals surface area contributed by atoms with Gasteiger partial charge in [-0.2, -0.15) is 0 Å². The van der Waals surface area contributed by atoms with Gasteiger partial charge in [0.25, 0.3) is 0 Å². The fourth-order valence-electron chi connectivity index (χ4n) is 1.24. The molecule has 0 amide bonds. The molecule has 2 aromatic rings. The zero-order chi connectivity index (χ0) is 9.80. The third-order valence-corrected chi connectivity index (χ3v) is 2.03. The van der Waals surface area contributed by atoms with E-state index in [-0.39, 0.29) is 0 Å². The Kier molecular flexibility index (Phi) is 2.62. The molecule has 2 rings (SSSR count). The lowest BCUT2D eigenvalue weighted by Crippen LogP contribution is -2.14. The zero-order valence-corrected chi connectivity index (χ0v) is 8.18. The van der Waals surface area contributed by atoms with Crippen LogP contribution < -0.4 is 4.84 Å². The highest BCUT2D eigenvalue weighted by Crippen LogP contribution is 2.07. The van der Waals surface area contributed by atoms with Crippen LogP contribution in [0.4, 0.5) is 0 Å². The van der Waals surface area contributed by atoms with E-state index in [4.69, 9.17) is 4.84 Å². The van der Waals surface area contributed by atoms with Crippen molar-refractivity contribution in [3.05, 3.63) is 24.3 Å². The highest BCUT2D eigenvalue weighted by atomic mass is 16.7. The van der Waals surface area contributed by atoms with Gasteiger partial charge in [0.2, 0.25) is 0 Å². The number of nitrogens with zero attached hydrogens (tertiary/aromatic N) is 3. The van der Waals surface area contributed by atoms with E-state index in [0.29, 0.717) is 6.61 Å². The molecule has 0 unspecified atom stereocenters. The van der Waals surface area contributed by atoms with Crippen LogP contribution in [0.2, 0.25) is 0 Å². The average Bonchev–Trinajstić information content (AvgIpc) is 2.63. The molecule has 0 radical (unpaired) electrons. The molecule has 0 N–H and O–H groups in total. The molecule has 74 valence electrons. The Bertz CT molecular complexity index is 410. The summed E-state index contributed by atoms with van der Waals surface area (Å²) in [5.41, 5.74) is 1.78. The summed E-state index contributed by atoms with van der Waals surface area (Å²) < 4.78 is 0. The Balaban J connectivity index is 2.17.